The van der Waals surface area contributed by atoms with Crippen LogP contribution >= 0.6 is 12.4 Å². The molecule has 7 nitrogen and oxygen atoms in total. The number of hydrogen-bond acceptors (Lipinski definition) is 4. The van der Waals surface area contributed by atoms with Gasteiger partial charge in [-0.3, -0.25) is 4.79 Å². The van der Waals surface area contributed by atoms with E-state index in [0.29, 0.717) is 44.0 Å². The molecule has 2 aromatic rings. The van der Waals surface area contributed by atoms with E-state index in [1.807, 2.05) is 48.5 Å². The van der Waals surface area contributed by atoms with Crippen LogP contribution in [-0.2, 0) is 16.1 Å². The number of urea groups is 1. The highest BCUT2D eigenvalue weighted by atomic mass is 35.5. The highest BCUT2D eigenvalue weighted by Gasteiger charge is 2.35. The van der Waals surface area contributed by atoms with Crippen LogP contribution in [-0.4, -0.2) is 30.7 Å². The van der Waals surface area contributed by atoms with Crippen LogP contribution in [0.2, 0.25) is 0 Å². The molecule has 3 rings (SSSR count). The molecule has 0 unspecified atom stereocenters. The molecule has 0 radical (unpaired) electrons. The normalized spacial score (nSPS) is 15.0. The van der Waals surface area contributed by atoms with Crippen LogP contribution in [0.3, 0.4) is 0 Å². The molecule has 0 saturated carbocycles. The van der Waals surface area contributed by atoms with Crippen molar-refractivity contribution in [1.29, 1.82) is 0 Å². The Labute approximate surface area is 170 Å². The summed E-state index contributed by atoms with van der Waals surface area (Å²) in [5.41, 5.74) is 7.53. The van der Waals surface area contributed by atoms with Gasteiger partial charge in [0.2, 0.25) is 5.91 Å². The summed E-state index contributed by atoms with van der Waals surface area (Å²) in [6.45, 7) is 1.34. The molecule has 3 amide bonds. The number of hydrogen-bond donors (Lipinski definition) is 4. The summed E-state index contributed by atoms with van der Waals surface area (Å²) in [7, 11) is 0. The van der Waals surface area contributed by atoms with Crippen molar-refractivity contribution >= 4 is 35.7 Å². The molecule has 2 aromatic carbocycles. The van der Waals surface area contributed by atoms with Gasteiger partial charge in [-0.1, -0.05) is 30.3 Å². The molecule has 0 atom stereocenters. The number of carbonyl (C=O) groups excluding carboxylic acids is 2. The van der Waals surface area contributed by atoms with Crippen molar-refractivity contribution in [3.05, 3.63) is 60.2 Å². The number of amides is 3. The maximum Gasteiger partial charge on any atom is 0.323 e. The van der Waals surface area contributed by atoms with Crippen LogP contribution in [0.5, 0.6) is 0 Å². The fourth-order valence-corrected chi connectivity index (χ4v) is 2.90. The van der Waals surface area contributed by atoms with Crippen LogP contribution in [0, 0.1) is 0 Å². The lowest BCUT2D eigenvalue weighted by molar-refractivity contribution is -0.129. The van der Waals surface area contributed by atoms with Gasteiger partial charge in [0.05, 0.1) is 5.54 Å². The molecule has 150 valence electrons. The van der Waals surface area contributed by atoms with Gasteiger partial charge in [-0.15, -0.1) is 12.4 Å². The zero-order chi connectivity index (χ0) is 19.1. The Morgan fingerprint density at radius 3 is 2.32 bits per heavy atom. The molecule has 1 aliphatic heterocycles. The molecule has 1 heterocycles. The predicted octanol–water partition coefficient (Wildman–Crippen LogP) is 2.88. The fourth-order valence-electron chi connectivity index (χ4n) is 2.90. The van der Waals surface area contributed by atoms with Crippen molar-refractivity contribution in [2.75, 3.05) is 23.8 Å². The van der Waals surface area contributed by atoms with Crippen LogP contribution in [0.25, 0.3) is 0 Å². The number of halogens is 1. The van der Waals surface area contributed by atoms with Gasteiger partial charge in [0.25, 0.3) is 0 Å². The van der Waals surface area contributed by atoms with Crippen LogP contribution in [0.15, 0.2) is 54.6 Å². The smallest absolute Gasteiger partial charge is 0.323 e. The van der Waals surface area contributed by atoms with E-state index >= 15 is 0 Å². The summed E-state index contributed by atoms with van der Waals surface area (Å²) < 4.78 is 5.27. The molecule has 8 heteroatoms. The number of anilines is 2. The molecule has 0 bridgehead atoms. The second kappa shape index (κ2) is 10.1. The lowest BCUT2D eigenvalue weighted by atomic mass is 9.90. The molecule has 1 fully saturated rings. The zero-order valence-corrected chi connectivity index (χ0v) is 16.3. The number of ether oxygens (including phenoxy) is 1. The zero-order valence-electron chi connectivity index (χ0n) is 15.4. The monoisotopic (exact) mass is 404 g/mol. The molecule has 0 aliphatic carbocycles. The third kappa shape index (κ3) is 5.95. The van der Waals surface area contributed by atoms with E-state index in [1.54, 1.807) is 6.07 Å². The second-order valence-corrected chi connectivity index (χ2v) is 6.60. The summed E-state index contributed by atoms with van der Waals surface area (Å²) >= 11 is 0. The van der Waals surface area contributed by atoms with Gasteiger partial charge in [0, 0.05) is 31.1 Å². The third-order valence-electron chi connectivity index (χ3n) is 4.51. The molecule has 1 aliphatic rings. The van der Waals surface area contributed by atoms with Gasteiger partial charge in [-0.25, -0.2) is 4.79 Å². The summed E-state index contributed by atoms with van der Waals surface area (Å²) in [5.74, 6) is -0.175. The predicted molar refractivity (Wildman–Crippen MR) is 112 cm³/mol. The van der Waals surface area contributed by atoms with Crippen molar-refractivity contribution < 1.29 is 14.3 Å². The van der Waals surface area contributed by atoms with Gasteiger partial charge >= 0.3 is 6.03 Å². The fraction of sp³-hybridized carbons (Fsp3) is 0.300. The molecule has 5 N–H and O–H groups in total. The van der Waals surface area contributed by atoms with Crippen molar-refractivity contribution in [3.8, 4) is 0 Å². The number of carbonyl (C=O) groups is 2. The molecule has 0 spiro atoms. The largest absolute Gasteiger partial charge is 0.381 e. The minimum absolute atomic E-state index is 0. The number of para-hydroxylation sites is 1. The summed E-state index contributed by atoms with van der Waals surface area (Å²) in [5, 5.41) is 8.43. The average Bonchev–Trinajstić information content (AvgIpc) is 2.67. The van der Waals surface area contributed by atoms with Crippen molar-refractivity contribution in [3.63, 3.8) is 0 Å². The van der Waals surface area contributed by atoms with Crippen molar-refractivity contribution in [1.82, 2.24) is 5.32 Å². The minimum atomic E-state index is -0.871. The Hall–Kier alpha value is -2.61. The molecular formula is C20H25ClN4O3. The van der Waals surface area contributed by atoms with Crippen molar-refractivity contribution in [2.45, 2.75) is 24.9 Å². The van der Waals surface area contributed by atoms with Gasteiger partial charge < -0.3 is 26.4 Å². The van der Waals surface area contributed by atoms with Crippen LogP contribution in [0.1, 0.15) is 18.4 Å². The lowest BCUT2D eigenvalue weighted by Crippen LogP contribution is -2.56. The highest BCUT2D eigenvalue weighted by Crippen LogP contribution is 2.18. The van der Waals surface area contributed by atoms with Gasteiger partial charge in [-0.2, -0.15) is 0 Å². The topological polar surface area (TPSA) is 105 Å². The van der Waals surface area contributed by atoms with E-state index in [9.17, 15) is 9.59 Å². The summed E-state index contributed by atoms with van der Waals surface area (Å²) in [6.07, 6.45) is 1.03. The first-order valence-corrected chi connectivity index (χ1v) is 8.92. The first kappa shape index (κ1) is 21.7. The highest BCUT2D eigenvalue weighted by molar-refractivity contribution is 5.99. The van der Waals surface area contributed by atoms with E-state index < -0.39 is 5.54 Å². The van der Waals surface area contributed by atoms with Gasteiger partial charge in [-0.05, 0) is 42.7 Å². The first-order valence-electron chi connectivity index (χ1n) is 8.92. The quantitative estimate of drug-likeness (QED) is 0.614. The number of benzene rings is 2. The van der Waals surface area contributed by atoms with E-state index in [1.165, 1.54) is 0 Å². The van der Waals surface area contributed by atoms with E-state index in [2.05, 4.69) is 16.0 Å². The number of nitrogens with two attached hydrogens (primary N) is 1. The van der Waals surface area contributed by atoms with E-state index in [4.69, 9.17) is 10.5 Å². The Kier molecular flexibility index (Phi) is 7.80. The Bertz CT molecular complexity index is 795. The maximum absolute atomic E-state index is 12.4. The number of rotatable bonds is 5. The molecule has 1 saturated heterocycles. The lowest BCUT2D eigenvalue weighted by Gasteiger charge is -2.31. The maximum atomic E-state index is 12.4. The second-order valence-electron chi connectivity index (χ2n) is 6.60. The molecule has 28 heavy (non-hydrogen) atoms. The standard InChI is InChI=1S/C20H24N4O3.ClH/c21-20(9-11-27-12-10-20)18(25)22-14-15-5-4-8-17(13-15)24-19(26)23-16-6-2-1-3-7-16;/h1-8,13H,9-12,14,21H2,(H,22,25)(H2,23,24,26);1H. The van der Waals surface area contributed by atoms with Gasteiger partial charge in [0.15, 0.2) is 0 Å². The van der Waals surface area contributed by atoms with Gasteiger partial charge in [0.1, 0.15) is 0 Å². The van der Waals surface area contributed by atoms with Crippen LogP contribution < -0.4 is 21.7 Å². The SMILES string of the molecule is Cl.NC1(C(=O)NCc2cccc(NC(=O)Nc3ccccc3)c2)CCOCC1. The van der Waals surface area contributed by atoms with E-state index in [0.717, 1.165) is 5.56 Å². The average molecular weight is 405 g/mol. The molecule has 0 aromatic heterocycles. The number of nitrogens with one attached hydrogen (secondary N) is 3. The Morgan fingerprint density at radius 2 is 1.61 bits per heavy atom. The first-order chi connectivity index (χ1) is 13.0. The summed E-state index contributed by atoms with van der Waals surface area (Å²) in [4.78, 5) is 24.5. The molecular weight excluding hydrogens is 380 g/mol. The third-order valence-corrected chi connectivity index (χ3v) is 4.51. The summed E-state index contributed by atoms with van der Waals surface area (Å²) in [6, 6.07) is 16.2. The van der Waals surface area contributed by atoms with Crippen LogP contribution in [0.4, 0.5) is 16.2 Å². The minimum Gasteiger partial charge on any atom is -0.381 e. The Balaban J connectivity index is 0.00000280. The van der Waals surface area contributed by atoms with E-state index in [-0.39, 0.29) is 24.3 Å². The Morgan fingerprint density at radius 1 is 0.964 bits per heavy atom. The van der Waals surface area contributed by atoms with Crippen molar-refractivity contribution in [2.24, 2.45) is 5.73 Å².